The molecule has 2 aliphatic heterocycles. The van der Waals surface area contributed by atoms with E-state index in [2.05, 4.69) is 29.2 Å². The first-order valence-corrected chi connectivity index (χ1v) is 7.26. The maximum atomic E-state index is 5.25. The maximum absolute atomic E-state index is 5.25. The first-order valence-electron chi connectivity index (χ1n) is 7.26. The minimum absolute atomic E-state index is 0.741. The number of methoxy groups -OCH3 is 1. The number of rotatable bonds is 2. The maximum Gasteiger partial charge on any atom is 0.118 e. The Balaban J connectivity index is 1.80. The number of nitrogens with zero attached hydrogens (tertiary/aromatic N) is 1. The molecule has 1 aromatic carbocycles. The van der Waals surface area contributed by atoms with Crippen molar-refractivity contribution < 1.29 is 4.74 Å². The summed E-state index contributed by atoms with van der Waals surface area (Å²) in [6.45, 7) is 2.63. The van der Waals surface area contributed by atoms with Crippen LogP contribution in [0.2, 0.25) is 0 Å². The molecule has 2 saturated heterocycles. The Kier molecular flexibility index (Phi) is 3.55. The molecule has 0 radical (unpaired) electrons. The van der Waals surface area contributed by atoms with Crippen LogP contribution >= 0.6 is 0 Å². The number of hydrogen-bond acceptors (Lipinski definition) is 2. The Morgan fingerprint density at radius 2 is 1.78 bits per heavy atom. The van der Waals surface area contributed by atoms with Crippen LogP contribution in [0.3, 0.4) is 0 Å². The Morgan fingerprint density at radius 3 is 2.56 bits per heavy atom. The van der Waals surface area contributed by atoms with Crippen molar-refractivity contribution in [2.75, 3.05) is 20.2 Å². The molecule has 3 rings (SSSR count). The molecular formula is C16H23NO. The minimum Gasteiger partial charge on any atom is -0.497 e. The Bertz CT molecular complexity index is 385. The second kappa shape index (κ2) is 5.31. The second-order valence-corrected chi connectivity index (χ2v) is 5.62. The summed E-state index contributed by atoms with van der Waals surface area (Å²) in [6.07, 6.45) is 6.90. The van der Waals surface area contributed by atoms with Gasteiger partial charge < -0.3 is 4.74 Å². The highest BCUT2D eigenvalue weighted by Crippen LogP contribution is 2.37. The highest BCUT2D eigenvalue weighted by atomic mass is 16.5. The van der Waals surface area contributed by atoms with E-state index in [0.29, 0.717) is 0 Å². The molecule has 2 heterocycles. The van der Waals surface area contributed by atoms with Crippen molar-refractivity contribution in [1.29, 1.82) is 0 Å². The first kappa shape index (κ1) is 12.0. The number of fused-ring (bicyclic) bond motifs is 1. The number of benzene rings is 1. The second-order valence-electron chi connectivity index (χ2n) is 5.62. The van der Waals surface area contributed by atoms with E-state index in [-0.39, 0.29) is 0 Å². The topological polar surface area (TPSA) is 12.5 Å². The van der Waals surface area contributed by atoms with Crippen molar-refractivity contribution >= 4 is 0 Å². The summed E-state index contributed by atoms with van der Waals surface area (Å²) >= 11 is 0. The summed E-state index contributed by atoms with van der Waals surface area (Å²) < 4.78 is 5.25. The van der Waals surface area contributed by atoms with Gasteiger partial charge in [-0.15, -0.1) is 0 Å². The standard InChI is InChI=1S/C16H23NO/c1-18-14-9-7-13(8-10-14)15-5-4-12-17-11-3-2-6-16(15)17/h7-10,15-16H,2-6,11-12H2,1H3. The van der Waals surface area contributed by atoms with Gasteiger partial charge in [0.2, 0.25) is 0 Å². The largest absolute Gasteiger partial charge is 0.497 e. The SMILES string of the molecule is COc1ccc(C2CCCN3CCCCC23)cc1. The van der Waals surface area contributed by atoms with Crippen LogP contribution in [0.5, 0.6) is 5.75 Å². The molecule has 0 bridgehead atoms. The van der Waals surface area contributed by atoms with Crippen molar-refractivity contribution in [3.05, 3.63) is 29.8 Å². The minimum atomic E-state index is 0.741. The first-order chi connectivity index (χ1) is 8.88. The molecule has 2 atom stereocenters. The van der Waals surface area contributed by atoms with Crippen LogP contribution in [0, 0.1) is 0 Å². The van der Waals surface area contributed by atoms with E-state index >= 15 is 0 Å². The normalized spacial score (nSPS) is 28.7. The van der Waals surface area contributed by atoms with Gasteiger partial charge in [0.15, 0.2) is 0 Å². The Labute approximate surface area is 110 Å². The number of piperidine rings is 2. The lowest BCUT2D eigenvalue weighted by Gasteiger charge is -2.44. The van der Waals surface area contributed by atoms with E-state index in [1.54, 1.807) is 7.11 Å². The van der Waals surface area contributed by atoms with Crippen LogP contribution in [0.15, 0.2) is 24.3 Å². The van der Waals surface area contributed by atoms with E-state index in [1.807, 2.05) is 0 Å². The molecule has 0 aliphatic carbocycles. The lowest BCUT2D eigenvalue weighted by Crippen LogP contribution is -2.46. The van der Waals surface area contributed by atoms with Crippen LogP contribution in [0.25, 0.3) is 0 Å². The third kappa shape index (κ3) is 2.26. The zero-order valence-corrected chi connectivity index (χ0v) is 11.3. The van der Waals surface area contributed by atoms with Gasteiger partial charge in [-0.1, -0.05) is 18.6 Å². The quantitative estimate of drug-likeness (QED) is 0.791. The average molecular weight is 245 g/mol. The van der Waals surface area contributed by atoms with E-state index in [4.69, 9.17) is 4.74 Å². The van der Waals surface area contributed by atoms with Gasteiger partial charge in [-0.05, 0) is 62.4 Å². The number of hydrogen-bond donors (Lipinski definition) is 0. The van der Waals surface area contributed by atoms with Gasteiger partial charge in [-0.25, -0.2) is 0 Å². The molecule has 2 nitrogen and oxygen atoms in total. The van der Waals surface area contributed by atoms with Crippen molar-refractivity contribution in [2.24, 2.45) is 0 Å². The van der Waals surface area contributed by atoms with Crippen LogP contribution in [-0.2, 0) is 0 Å². The molecule has 2 fully saturated rings. The fraction of sp³-hybridized carbons (Fsp3) is 0.625. The third-order valence-electron chi connectivity index (χ3n) is 4.63. The lowest BCUT2D eigenvalue weighted by molar-refractivity contribution is 0.0894. The van der Waals surface area contributed by atoms with Gasteiger partial charge >= 0.3 is 0 Å². The highest BCUT2D eigenvalue weighted by molar-refractivity contribution is 5.30. The highest BCUT2D eigenvalue weighted by Gasteiger charge is 2.33. The number of ether oxygens (including phenoxy) is 1. The van der Waals surface area contributed by atoms with E-state index in [0.717, 1.165) is 17.7 Å². The summed E-state index contributed by atoms with van der Waals surface area (Å²) in [7, 11) is 1.73. The molecule has 1 aromatic rings. The molecular weight excluding hydrogens is 222 g/mol. The summed E-state index contributed by atoms with van der Waals surface area (Å²) in [6, 6.07) is 9.54. The molecule has 0 N–H and O–H groups in total. The Morgan fingerprint density at radius 1 is 1.00 bits per heavy atom. The molecule has 2 heteroatoms. The van der Waals surface area contributed by atoms with Crippen molar-refractivity contribution in [2.45, 2.75) is 44.1 Å². The zero-order valence-electron chi connectivity index (χ0n) is 11.3. The van der Waals surface area contributed by atoms with Gasteiger partial charge in [-0.2, -0.15) is 0 Å². The van der Waals surface area contributed by atoms with Crippen molar-refractivity contribution in [1.82, 2.24) is 4.90 Å². The summed E-state index contributed by atoms with van der Waals surface area (Å²) in [5.41, 5.74) is 1.51. The van der Waals surface area contributed by atoms with E-state index in [9.17, 15) is 0 Å². The molecule has 0 amide bonds. The predicted molar refractivity (Wildman–Crippen MR) is 74.2 cm³/mol. The van der Waals surface area contributed by atoms with Gasteiger partial charge in [0.25, 0.3) is 0 Å². The average Bonchev–Trinajstić information content (AvgIpc) is 2.47. The van der Waals surface area contributed by atoms with Crippen molar-refractivity contribution in [3.63, 3.8) is 0 Å². The summed E-state index contributed by atoms with van der Waals surface area (Å²) in [4.78, 5) is 2.72. The molecule has 0 saturated carbocycles. The molecule has 98 valence electrons. The zero-order chi connectivity index (χ0) is 12.4. The van der Waals surface area contributed by atoms with Gasteiger partial charge in [0.05, 0.1) is 7.11 Å². The fourth-order valence-corrected chi connectivity index (χ4v) is 3.70. The molecule has 2 unspecified atom stereocenters. The van der Waals surface area contributed by atoms with Crippen LogP contribution in [0.4, 0.5) is 0 Å². The van der Waals surface area contributed by atoms with Crippen LogP contribution in [-0.4, -0.2) is 31.1 Å². The van der Waals surface area contributed by atoms with Crippen LogP contribution in [0.1, 0.15) is 43.6 Å². The van der Waals surface area contributed by atoms with E-state index < -0.39 is 0 Å². The fourth-order valence-electron chi connectivity index (χ4n) is 3.70. The van der Waals surface area contributed by atoms with Crippen LogP contribution < -0.4 is 4.74 Å². The smallest absolute Gasteiger partial charge is 0.118 e. The lowest BCUT2D eigenvalue weighted by atomic mass is 9.79. The molecule has 2 aliphatic rings. The van der Waals surface area contributed by atoms with E-state index in [1.165, 1.54) is 50.8 Å². The molecule has 18 heavy (non-hydrogen) atoms. The Hall–Kier alpha value is -1.02. The summed E-state index contributed by atoms with van der Waals surface area (Å²) in [5.74, 6) is 1.71. The van der Waals surface area contributed by atoms with Gasteiger partial charge in [0, 0.05) is 6.04 Å². The monoisotopic (exact) mass is 245 g/mol. The molecule has 0 spiro atoms. The van der Waals surface area contributed by atoms with Gasteiger partial charge in [0.1, 0.15) is 5.75 Å². The molecule has 0 aromatic heterocycles. The van der Waals surface area contributed by atoms with Gasteiger partial charge in [-0.3, -0.25) is 4.90 Å². The summed E-state index contributed by atoms with van der Waals surface area (Å²) in [5, 5.41) is 0. The van der Waals surface area contributed by atoms with Crippen molar-refractivity contribution in [3.8, 4) is 5.75 Å². The third-order valence-corrected chi connectivity index (χ3v) is 4.63. The predicted octanol–water partition coefficient (Wildman–Crippen LogP) is 3.43.